The third-order valence-electron chi connectivity index (χ3n) is 3.60. The number of hydrogen-bond acceptors (Lipinski definition) is 6. The summed E-state index contributed by atoms with van der Waals surface area (Å²) in [5.74, 6) is 0.464. The molecule has 0 amide bonds. The number of rotatable bonds is 2. The van der Waals surface area contributed by atoms with E-state index in [-0.39, 0.29) is 18.6 Å². The van der Waals surface area contributed by atoms with Crippen LogP contribution in [0.15, 0.2) is 12.7 Å². The molecular formula is C11H15N5O2. The van der Waals surface area contributed by atoms with Gasteiger partial charge >= 0.3 is 0 Å². The van der Waals surface area contributed by atoms with Crippen LogP contribution in [0.1, 0.15) is 18.9 Å². The number of nitrogens with zero attached hydrogens (tertiary/aromatic N) is 4. The van der Waals surface area contributed by atoms with Crippen molar-refractivity contribution >= 4 is 17.0 Å². The first-order valence-electron chi connectivity index (χ1n) is 5.92. The van der Waals surface area contributed by atoms with E-state index in [0.29, 0.717) is 29.8 Å². The molecule has 96 valence electrons. The van der Waals surface area contributed by atoms with Crippen LogP contribution >= 0.6 is 0 Å². The molecule has 0 bridgehead atoms. The number of fused-ring (bicyclic) bond motifs is 1. The maximum absolute atomic E-state index is 10.1. The van der Waals surface area contributed by atoms with Gasteiger partial charge in [0.05, 0.1) is 18.5 Å². The van der Waals surface area contributed by atoms with Gasteiger partial charge in [-0.3, -0.25) is 0 Å². The molecule has 7 nitrogen and oxygen atoms in total. The van der Waals surface area contributed by atoms with E-state index >= 15 is 0 Å². The fourth-order valence-electron chi connectivity index (χ4n) is 2.65. The summed E-state index contributed by atoms with van der Waals surface area (Å²) in [5.41, 5.74) is 6.91. The van der Waals surface area contributed by atoms with Crippen molar-refractivity contribution in [2.24, 2.45) is 5.92 Å². The number of aliphatic hydroxyl groups excluding tert-OH is 2. The van der Waals surface area contributed by atoms with Crippen LogP contribution in [0.2, 0.25) is 0 Å². The number of hydrogen-bond donors (Lipinski definition) is 3. The molecule has 18 heavy (non-hydrogen) atoms. The Labute approximate surface area is 103 Å². The molecule has 1 aliphatic carbocycles. The van der Waals surface area contributed by atoms with Crippen molar-refractivity contribution in [3.63, 3.8) is 0 Å². The Balaban J connectivity index is 2.02. The normalized spacial score (nSPS) is 28.0. The molecule has 0 saturated heterocycles. The van der Waals surface area contributed by atoms with Gasteiger partial charge in [-0.05, 0) is 18.8 Å². The molecule has 1 saturated carbocycles. The zero-order valence-corrected chi connectivity index (χ0v) is 9.77. The lowest BCUT2D eigenvalue weighted by atomic mass is 10.1. The smallest absolute Gasteiger partial charge is 0.165 e. The van der Waals surface area contributed by atoms with E-state index < -0.39 is 6.10 Å². The first-order valence-corrected chi connectivity index (χ1v) is 5.92. The van der Waals surface area contributed by atoms with Gasteiger partial charge in [-0.25, -0.2) is 15.0 Å². The average Bonchev–Trinajstić information content (AvgIpc) is 2.93. The summed E-state index contributed by atoms with van der Waals surface area (Å²) >= 11 is 0. The number of aromatic nitrogens is 4. The van der Waals surface area contributed by atoms with Gasteiger partial charge in [0.1, 0.15) is 11.8 Å². The maximum Gasteiger partial charge on any atom is 0.165 e. The topological polar surface area (TPSA) is 110 Å². The van der Waals surface area contributed by atoms with Gasteiger partial charge < -0.3 is 20.5 Å². The second-order valence-electron chi connectivity index (χ2n) is 4.74. The minimum Gasteiger partial charge on any atom is -0.396 e. The van der Waals surface area contributed by atoms with Crippen molar-refractivity contribution in [2.45, 2.75) is 25.0 Å². The standard InChI is InChI=1S/C11H15N5O2/c12-10-9-11(14-4-13-10)16(5-15-9)7-1-6(3-17)2-8(7)18/h4-8,17-18H,1-3H2,(H2,12,13,14). The number of nitrogens with two attached hydrogens (primary N) is 1. The molecule has 0 radical (unpaired) electrons. The Kier molecular flexibility index (Phi) is 2.64. The summed E-state index contributed by atoms with van der Waals surface area (Å²) < 4.78 is 1.83. The molecule has 1 aliphatic rings. The van der Waals surface area contributed by atoms with Crippen LogP contribution in [-0.4, -0.2) is 42.4 Å². The lowest BCUT2D eigenvalue weighted by Gasteiger charge is -2.16. The number of imidazole rings is 1. The Hall–Kier alpha value is -1.73. The fourth-order valence-corrected chi connectivity index (χ4v) is 2.65. The van der Waals surface area contributed by atoms with Crippen molar-refractivity contribution in [3.8, 4) is 0 Å². The highest BCUT2D eigenvalue weighted by molar-refractivity contribution is 5.81. The number of aliphatic hydroxyl groups is 2. The Morgan fingerprint density at radius 2 is 2.17 bits per heavy atom. The summed E-state index contributed by atoms with van der Waals surface area (Å²) in [5, 5.41) is 19.2. The van der Waals surface area contributed by atoms with Crippen molar-refractivity contribution in [1.82, 2.24) is 19.5 Å². The van der Waals surface area contributed by atoms with Crippen molar-refractivity contribution in [1.29, 1.82) is 0 Å². The monoisotopic (exact) mass is 249 g/mol. The van der Waals surface area contributed by atoms with E-state index in [1.165, 1.54) is 6.33 Å². The Morgan fingerprint density at radius 1 is 1.33 bits per heavy atom. The van der Waals surface area contributed by atoms with E-state index in [0.717, 1.165) is 0 Å². The minimum absolute atomic E-state index is 0.0946. The Bertz CT molecular complexity index is 570. The molecule has 3 rings (SSSR count). The Morgan fingerprint density at radius 3 is 2.89 bits per heavy atom. The molecule has 1 fully saturated rings. The predicted octanol–water partition coefficient (Wildman–Crippen LogP) is -0.287. The number of anilines is 1. The van der Waals surface area contributed by atoms with Crippen LogP contribution < -0.4 is 5.73 Å². The van der Waals surface area contributed by atoms with E-state index in [9.17, 15) is 10.2 Å². The van der Waals surface area contributed by atoms with Gasteiger partial charge in [0.15, 0.2) is 11.5 Å². The molecule has 0 aliphatic heterocycles. The lowest BCUT2D eigenvalue weighted by molar-refractivity contribution is 0.132. The lowest BCUT2D eigenvalue weighted by Crippen LogP contribution is -2.17. The van der Waals surface area contributed by atoms with Crippen LogP contribution in [0.4, 0.5) is 5.82 Å². The van der Waals surface area contributed by atoms with Crippen LogP contribution in [0, 0.1) is 5.92 Å². The van der Waals surface area contributed by atoms with Crippen LogP contribution in [0.3, 0.4) is 0 Å². The van der Waals surface area contributed by atoms with E-state index in [1.807, 2.05) is 4.57 Å². The second kappa shape index (κ2) is 4.18. The van der Waals surface area contributed by atoms with E-state index in [4.69, 9.17) is 5.73 Å². The highest BCUT2D eigenvalue weighted by Gasteiger charge is 2.34. The third kappa shape index (κ3) is 1.63. The molecule has 2 aromatic heterocycles. The zero-order valence-electron chi connectivity index (χ0n) is 9.77. The van der Waals surface area contributed by atoms with Crippen molar-refractivity contribution in [3.05, 3.63) is 12.7 Å². The summed E-state index contributed by atoms with van der Waals surface area (Å²) in [6.07, 6.45) is 3.84. The summed E-state index contributed by atoms with van der Waals surface area (Å²) in [6, 6.07) is -0.110. The van der Waals surface area contributed by atoms with Gasteiger partial charge in [-0.2, -0.15) is 0 Å². The second-order valence-corrected chi connectivity index (χ2v) is 4.74. The van der Waals surface area contributed by atoms with E-state index in [2.05, 4.69) is 15.0 Å². The first kappa shape index (κ1) is 11.4. The van der Waals surface area contributed by atoms with Crippen LogP contribution in [0.5, 0.6) is 0 Å². The fraction of sp³-hybridized carbons (Fsp3) is 0.545. The molecule has 2 aromatic rings. The largest absolute Gasteiger partial charge is 0.396 e. The summed E-state index contributed by atoms with van der Waals surface area (Å²) in [7, 11) is 0. The molecule has 2 heterocycles. The van der Waals surface area contributed by atoms with Crippen LogP contribution in [-0.2, 0) is 0 Å². The van der Waals surface area contributed by atoms with Gasteiger partial charge in [-0.1, -0.05) is 0 Å². The quantitative estimate of drug-likeness (QED) is 0.674. The predicted molar refractivity (Wildman–Crippen MR) is 64.6 cm³/mol. The molecule has 3 unspecified atom stereocenters. The van der Waals surface area contributed by atoms with Crippen molar-refractivity contribution in [2.75, 3.05) is 12.3 Å². The first-order chi connectivity index (χ1) is 8.70. The average molecular weight is 249 g/mol. The summed E-state index contributed by atoms with van der Waals surface area (Å²) in [4.78, 5) is 12.2. The molecular weight excluding hydrogens is 234 g/mol. The van der Waals surface area contributed by atoms with Gasteiger partial charge in [0.2, 0.25) is 0 Å². The SMILES string of the molecule is Nc1ncnc2c1ncn2C1CC(CO)CC1O. The third-order valence-corrected chi connectivity index (χ3v) is 3.60. The summed E-state index contributed by atoms with van der Waals surface area (Å²) in [6.45, 7) is 0.0946. The van der Waals surface area contributed by atoms with Crippen molar-refractivity contribution < 1.29 is 10.2 Å². The van der Waals surface area contributed by atoms with Gasteiger partial charge in [0.25, 0.3) is 0 Å². The minimum atomic E-state index is -0.490. The highest BCUT2D eigenvalue weighted by Crippen LogP contribution is 2.36. The van der Waals surface area contributed by atoms with Gasteiger partial charge in [0, 0.05) is 6.61 Å². The highest BCUT2D eigenvalue weighted by atomic mass is 16.3. The van der Waals surface area contributed by atoms with Gasteiger partial charge in [-0.15, -0.1) is 0 Å². The molecule has 0 spiro atoms. The van der Waals surface area contributed by atoms with Crippen LogP contribution in [0.25, 0.3) is 11.2 Å². The maximum atomic E-state index is 10.1. The molecule has 7 heteroatoms. The molecule has 0 aromatic carbocycles. The molecule has 4 N–H and O–H groups in total. The van der Waals surface area contributed by atoms with E-state index in [1.54, 1.807) is 6.33 Å². The molecule has 3 atom stereocenters. The number of nitrogen functional groups attached to an aromatic ring is 1. The zero-order chi connectivity index (χ0) is 12.7.